The maximum Gasteiger partial charge on any atom is 0.274 e. The monoisotopic (exact) mass is 430 g/mol. The molecule has 1 aromatic heterocycles. The van der Waals surface area contributed by atoms with E-state index >= 15 is 0 Å². The molecule has 1 amide bonds. The van der Waals surface area contributed by atoms with Gasteiger partial charge in [0, 0.05) is 45.0 Å². The Bertz CT molecular complexity index is 1050. The highest BCUT2D eigenvalue weighted by molar-refractivity contribution is 5.92. The Morgan fingerprint density at radius 1 is 0.935 bits per heavy atom. The number of benzene rings is 2. The highest BCUT2D eigenvalue weighted by Crippen LogP contribution is 2.18. The van der Waals surface area contributed by atoms with Crippen LogP contribution in [0.25, 0.3) is 0 Å². The molecule has 1 saturated heterocycles. The molecule has 4 rings (SSSR count). The number of piperazine rings is 1. The van der Waals surface area contributed by atoms with Gasteiger partial charge in [0.1, 0.15) is 11.6 Å². The molecule has 3 aromatic rings. The van der Waals surface area contributed by atoms with Crippen LogP contribution in [-0.2, 0) is 13.3 Å². The number of carbonyl (C=O) groups excluding carboxylic acids is 1. The number of amides is 1. The molecule has 162 valence electrons. The van der Waals surface area contributed by atoms with Gasteiger partial charge in [-0.25, -0.2) is 17.9 Å². The summed E-state index contributed by atoms with van der Waals surface area (Å²) in [5.41, 5.74) is 1.30. The molecule has 1 fully saturated rings. The molecular formula is C22H21F3N4O2. The van der Waals surface area contributed by atoms with E-state index in [0.29, 0.717) is 32.7 Å². The second kappa shape index (κ2) is 9.22. The predicted molar refractivity (Wildman–Crippen MR) is 107 cm³/mol. The first kappa shape index (κ1) is 20.9. The van der Waals surface area contributed by atoms with Gasteiger partial charge in [-0.15, -0.1) is 0 Å². The number of rotatable bonds is 6. The third-order valence-electron chi connectivity index (χ3n) is 5.08. The Morgan fingerprint density at radius 2 is 1.65 bits per heavy atom. The van der Waals surface area contributed by atoms with Crippen molar-refractivity contribution in [2.75, 3.05) is 26.2 Å². The summed E-state index contributed by atoms with van der Waals surface area (Å²) in [6.45, 7) is 3.12. The minimum atomic E-state index is -0.804. The third-order valence-corrected chi connectivity index (χ3v) is 5.08. The van der Waals surface area contributed by atoms with Crippen LogP contribution in [0, 0.1) is 17.5 Å². The first-order valence-corrected chi connectivity index (χ1v) is 9.85. The van der Waals surface area contributed by atoms with Crippen molar-refractivity contribution in [1.29, 1.82) is 0 Å². The van der Waals surface area contributed by atoms with E-state index in [0.717, 1.165) is 17.7 Å². The molecule has 0 bridgehead atoms. The number of hydrogen-bond acceptors (Lipinski definition) is 4. The molecule has 31 heavy (non-hydrogen) atoms. The van der Waals surface area contributed by atoms with Crippen molar-refractivity contribution in [3.8, 4) is 5.75 Å². The molecule has 0 N–H and O–H groups in total. The molecule has 0 unspecified atom stereocenters. The van der Waals surface area contributed by atoms with Gasteiger partial charge in [-0.2, -0.15) is 5.10 Å². The SMILES string of the molecule is O=C(c1ccn(COc2ccc(F)cc2F)n1)N1CCN(Cc2ccc(F)cc2)CC1. The number of halogens is 3. The number of hydrogen-bond donors (Lipinski definition) is 0. The van der Waals surface area contributed by atoms with Gasteiger partial charge in [0.15, 0.2) is 24.0 Å². The van der Waals surface area contributed by atoms with Gasteiger partial charge in [-0.3, -0.25) is 9.69 Å². The van der Waals surface area contributed by atoms with Crippen molar-refractivity contribution in [3.63, 3.8) is 0 Å². The molecule has 0 atom stereocenters. The van der Waals surface area contributed by atoms with Gasteiger partial charge in [-0.1, -0.05) is 12.1 Å². The summed E-state index contributed by atoms with van der Waals surface area (Å²) in [7, 11) is 0. The number of aromatic nitrogens is 2. The lowest BCUT2D eigenvalue weighted by Gasteiger charge is -2.34. The van der Waals surface area contributed by atoms with E-state index in [4.69, 9.17) is 4.74 Å². The molecule has 6 nitrogen and oxygen atoms in total. The second-order valence-electron chi connectivity index (χ2n) is 7.28. The fourth-order valence-electron chi connectivity index (χ4n) is 3.39. The maximum absolute atomic E-state index is 13.6. The Labute approximate surface area is 177 Å². The third kappa shape index (κ3) is 5.24. The van der Waals surface area contributed by atoms with Crippen LogP contribution in [0.5, 0.6) is 5.75 Å². The molecule has 0 radical (unpaired) electrons. The largest absolute Gasteiger partial charge is 0.468 e. The van der Waals surface area contributed by atoms with Crippen LogP contribution in [0.4, 0.5) is 13.2 Å². The van der Waals surface area contributed by atoms with Crippen molar-refractivity contribution in [1.82, 2.24) is 19.6 Å². The number of ether oxygens (including phenoxy) is 1. The average Bonchev–Trinajstić information content (AvgIpc) is 3.24. The summed E-state index contributed by atoms with van der Waals surface area (Å²) in [5, 5.41) is 4.20. The molecule has 0 saturated carbocycles. The van der Waals surface area contributed by atoms with Crippen molar-refractivity contribution >= 4 is 5.91 Å². The van der Waals surface area contributed by atoms with E-state index in [9.17, 15) is 18.0 Å². The van der Waals surface area contributed by atoms with Crippen molar-refractivity contribution in [2.24, 2.45) is 0 Å². The number of nitrogens with zero attached hydrogens (tertiary/aromatic N) is 4. The van der Waals surface area contributed by atoms with E-state index in [-0.39, 0.29) is 29.9 Å². The highest BCUT2D eigenvalue weighted by Gasteiger charge is 2.23. The Hall–Kier alpha value is -3.33. The smallest absolute Gasteiger partial charge is 0.274 e. The molecular weight excluding hydrogens is 409 g/mol. The van der Waals surface area contributed by atoms with Gasteiger partial charge in [-0.05, 0) is 35.9 Å². The van der Waals surface area contributed by atoms with Crippen molar-refractivity contribution < 1.29 is 22.7 Å². The van der Waals surface area contributed by atoms with Crippen LogP contribution in [0.15, 0.2) is 54.7 Å². The van der Waals surface area contributed by atoms with E-state index < -0.39 is 11.6 Å². The summed E-state index contributed by atoms with van der Waals surface area (Å²) in [6, 6.07) is 11.0. The predicted octanol–water partition coefficient (Wildman–Crippen LogP) is 3.29. The van der Waals surface area contributed by atoms with Gasteiger partial charge in [0.2, 0.25) is 0 Å². The van der Waals surface area contributed by atoms with E-state index in [2.05, 4.69) is 10.00 Å². The highest BCUT2D eigenvalue weighted by atomic mass is 19.1. The van der Waals surface area contributed by atoms with E-state index in [1.54, 1.807) is 29.3 Å². The van der Waals surface area contributed by atoms with E-state index in [1.807, 2.05) is 0 Å². The summed E-state index contributed by atoms with van der Waals surface area (Å²) in [4.78, 5) is 16.7. The van der Waals surface area contributed by atoms with Crippen LogP contribution in [0.1, 0.15) is 16.1 Å². The second-order valence-corrected chi connectivity index (χ2v) is 7.28. The van der Waals surface area contributed by atoms with Gasteiger partial charge in [0.05, 0.1) is 0 Å². The zero-order chi connectivity index (χ0) is 21.8. The van der Waals surface area contributed by atoms with Crippen LogP contribution >= 0.6 is 0 Å². The lowest BCUT2D eigenvalue weighted by Crippen LogP contribution is -2.48. The quantitative estimate of drug-likeness (QED) is 0.602. The molecule has 1 aliphatic rings. The standard InChI is InChI=1S/C22H21F3N4O2/c23-17-3-1-16(2-4-17)14-27-9-11-28(12-10-27)22(30)20-7-8-29(26-20)15-31-21-6-5-18(24)13-19(21)25/h1-8,13H,9-12,14-15H2. The molecule has 2 heterocycles. The van der Waals surface area contributed by atoms with E-state index in [1.165, 1.54) is 22.9 Å². The molecule has 9 heteroatoms. The zero-order valence-electron chi connectivity index (χ0n) is 16.7. The fraction of sp³-hybridized carbons (Fsp3) is 0.273. The summed E-state index contributed by atoms with van der Waals surface area (Å²) in [5.74, 6) is -2.03. The van der Waals surface area contributed by atoms with Crippen molar-refractivity contribution in [2.45, 2.75) is 13.3 Å². The molecule has 0 spiro atoms. The molecule has 2 aromatic carbocycles. The molecule has 1 aliphatic heterocycles. The first-order chi connectivity index (χ1) is 15.0. The normalized spacial score (nSPS) is 14.6. The Kier molecular flexibility index (Phi) is 6.22. The van der Waals surface area contributed by atoms with Crippen LogP contribution < -0.4 is 4.74 Å². The van der Waals surface area contributed by atoms with Crippen molar-refractivity contribution in [3.05, 3.63) is 83.4 Å². The summed E-state index contributed by atoms with van der Waals surface area (Å²) in [6.07, 6.45) is 1.57. The summed E-state index contributed by atoms with van der Waals surface area (Å²) < 4.78 is 46.3. The maximum atomic E-state index is 13.6. The van der Waals surface area contributed by atoms with Crippen LogP contribution in [-0.4, -0.2) is 51.7 Å². The zero-order valence-corrected chi connectivity index (χ0v) is 16.7. The lowest BCUT2D eigenvalue weighted by atomic mass is 10.2. The molecule has 0 aliphatic carbocycles. The lowest BCUT2D eigenvalue weighted by molar-refractivity contribution is 0.0620. The average molecular weight is 430 g/mol. The topological polar surface area (TPSA) is 50.6 Å². The fourth-order valence-corrected chi connectivity index (χ4v) is 3.39. The minimum Gasteiger partial charge on any atom is -0.468 e. The first-order valence-electron chi connectivity index (χ1n) is 9.85. The van der Waals surface area contributed by atoms with Crippen LogP contribution in [0.2, 0.25) is 0 Å². The Balaban J connectivity index is 1.28. The number of carbonyl (C=O) groups is 1. The van der Waals surface area contributed by atoms with Crippen LogP contribution in [0.3, 0.4) is 0 Å². The summed E-state index contributed by atoms with van der Waals surface area (Å²) >= 11 is 0. The van der Waals surface area contributed by atoms with Gasteiger partial charge >= 0.3 is 0 Å². The van der Waals surface area contributed by atoms with Gasteiger partial charge < -0.3 is 9.64 Å². The van der Waals surface area contributed by atoms with Gasteiger partial charge in [0.25, 0.3) is 5.91 Å². The Morgan fingerprint density at radius 3 is 2.35 bits per heavy atom. The minimum absolute atomic E-state index is 0.0953.